The number of sulfonamides is 2. The molecule has 42 nitrogen and oxygen atoms in total. The number of rotatable bonds is 29. The van der Waals surface area contributed by atoms with Crippen LogP contribution >= 0.6 is 14.7 Å². The molecule has 0 bridgehead atoms. The van der Waals surface area contributed by atoms with Crippen molar-refractivity contribution < 1.29 is 135 Å². The quantitative estimate of drug-likeness (QED) is 0.0246. The van der Waals surface area contributed by atoms with Crippen LogP contribution in [-0.4, -0.2) is 245 Å². The van der Waals surface area contributed by atoms with E-state index >= 15 is 0 Å². The molecule has 4 unspecified atom stereocenters. The van der Waals surface area contributed by atoms with Gasteiger partial charge in [-0.3, -0.25) is 95.7 Å². The fourth-order valence-corrected chi connectivity index (χ4v) is 13.3. The van der Waals surface area contributed by atoms with Crippen molar-refractivity contribution in [3.63, 3.8) is 0 Å². The smallest absolute Gasteiger partial charge is 0.267 e. The molecule has 2 aliphatic heterocycles. The van der Waals surface area contributed by atoms with Crippen LogP contribution in [0.2, 0.25) is 0 Å². The summed E-state index contributed by atoms with van der Waals surface area (Å²) in [4.78, 5) is 123. The number of amides is 8. The van der Waals surface area contributed by atoms with Gasteiger partial charge < -0.3 is 9.79 Å². The molecular formula is C76H164N12O30P2S8. The van der Waals surface area contributed by atoms with E-state index in [1.807, 2.05) is 78.7 Å². The number of nitrogens with zero attached hydrogens (tertiary/aromatic N) is 6. The van der Waals surface area contributed by atoms with E-state index < -0.39 is 119 Å². The summed E-state index contributed by atoms with van der Waals surface area (Å²) in [6.07, 6.45) is 7.36. The number of imide groups is 2. The van der Waals surface area contributed by atoms with Crippen molar-refractivity contribution in [1.29, 1.82) is 0 Å². The maximum Gasteiger partial charge on any atom is 0.267 e. The highest BCUT2D eigenvalue weighted by Crippen LogP contribution is 2.40. The van der Waals surface area contributed by atoms with Crippen LogP contribution in [0, 0.1) is 65.1 Å². The van der Waals surface area contributed by atoms with Crippen molar-refractivity contribution in [3.05, 3.63) is 0 Å². The molecule has 0 aromatic rings. The lowest BCUT2D eigenvalue weighted by atomic mass is 10.1. The summed E-state index contributed by atoms with van der Waals surface area (Å²) in [6, 6.07) is 0. The molecule has 0 aromatic heterocycles. The van der Waals surface area contributed by atoms with Crippen molar-refractivity contribution in [2.45, 2.75) is 271 Å². The molecular weight excluding hydrogens is 1880 g/mol. The van der Waals surface area contributed by atoms with Crippen molar-refractivity contribution in [1.82, 2.24) is 29.5 Å². The van der Waals surface area contributed by atoms with Gasteiger partial charge in [-0.2, -0.15) is 27.1 Å². The van der Waals surface area contributed by atoms with E-state index in [0.717, 1.165) is 36.9 Å². The summed E-state index contributed by atoms with van der Waals surface area (Å²) in [7, 11) is -28.4. The van der Waals surface area contributed by atoms with Crippen molar-refractivity contribution in [2.75, 3.05) is 80.6 Å². The van der Waals surface area contributed by atoms with Crippen molar-refractivity contribution in [2.24, 2.45) is 96.0 Å². The van der Waals surface area contributed by atoms with Gasteiger partial charge in [-0.1, -0.05) is 174 Å². The van der Waals surface area contributed by atoms with E-state index in [9.17, 15) is 116 Å². The van der Waals surface area contributed by atoms with E-state index in [4.69, 9.17) is 18.9 Å². The molecule has 0 fully saturated rings. The van der Waals surface area contributed by atoms with Crippen LogP contribution in [0.4, 0.5) is 0 Å². The Morgan fingerprint density at radius 3 is 0.953 bits per heavy atom. The second-order valence-corrected chi connectivity index (χ2v) is 53.0. The molecule has 0 saturated carbocycles. The largest absolute Gasteiger partial charge is 0.344 e. The number of nitrogens with one attached hydrogen (secondary N) is 6. The summed E-state index contributed by atoms with van der Waals surface area (Å²) < 4.78 is 192. The molecule has 10 N–H and O–H groups in total. The number of ketones is 2. The maximum absolute atomic E-state index is 11.0. The number of carbonyl (C=O) groups excluding carboxylic acids is 10. The van der Waals surface area contributed by atoms with Gasteiger partial charge in [0, 0.05) is 88.5 Å². The van der Waals surface area contributed by atoms with Gasteiger partial charge in [0.25, 0.3) is 20.2 Å². The lowest BCUT2D eigenvalue weighted by Gasteiger charge is -2.06. The normalized spacial score (nSPS) is 13.2. The molecule has 0 aromatic carbocycles. The molecule has 0 spiro atoms. The molecule has 2 rings (SSSR count). The van der Waals surface area contributed by atoms with Crippen LogP contribution in [0.3, 0.4) is 0 Å². The fourth-order valence-electron chi connectivity index (χ4n) is 6.45. The topological polar surface area (TPSA) is 671 Å². The third-order valence-corrected chi connectivity index (χ3v) is 24.3. The number of hydrogen-bond donors (Lipinski definition) is 10. The Morgan fingerprint density at radius 1 is 0.438 bits per heavy atom. The zero-order valence-electron chi connectivity index (χ0n) is 82.1. The van der Waals surface area contributed by atoms with E-state index in [1.54, 1.807) is 83.1 Å². The number of carbonyl (C=O) groups is 10. The molecule has 128 heavy (non-hydrogen) atoms. The zero-order valence-corrected chi connectivity index (χ0v) is 90.4. The van der Waals surface area contributed by atoms with Crippen LogP contribution in [0.1, 0.15) is 255 Å². The molecule has 0 radical (unpaired) electrons. The second-order valence-electron chi connectivity index (χ2n) is 33.7. The lowest BCUT2D eigenvalue weighted by molar-refractivity contribution is -0.132. The molecule has 4 atom stereocenters. The summed E-state index contributed by atoms with van der Waals surface area (Å²) in [5.41, 5.74) is 2.11. The van der Waals surface area contributed by atoms with Gasteiger partial charge in [0.2, 0.25) is 67.3 Å². The Morgan fingerprint density at radius 2 is 0.781 bits per heavy atom. The average molecular weight is 2040 g/mol. The predicted octanol–water partition coefficient (Wildman–Crippen LogP) is 9.97. The first-order valence-corrected chi connectivity index (χ1v) is 58.0. The first kappa shape index (κ1) is 151. The standard InChI is InChI=1S/C7H13NO2.C7H14O3S.C6H11N3.C6H13NO3S.C6H13NO2S.C6H11NO2.C6H12O3S.C5H9N3.C5H11NO3S.C5H11NO2S.C5H13O2P.C4H10O3S.C4H11O2P.C3H8O3S.CH4/c1-5(2)4-7(10)8-6(3)9;1-6(2)4-11(9,10)5-7(3)8;1-5(2)3-6-4-7-9-8-6;1-5(2)4-6(8)7-11(3,9)10;1-5(2)4-6(8)7-10(3)9;1-4(2)6(9)7-5(3)8;1-5(2)10(8,9)4-6(3)7;1-4(2)5-3-6-8-7-5;1-4(2)5(7)6-10(3,8)9;1-4(2)5(7)6-9(3)8;1-5(2)4-8(3,6)7;1-4(2)3-8(5,6)7;1-4(2)7(3,5)6;1-3(2)7(4,5)6;/h5H,4H2,1-3H3,(H,8,9,10);6H,4-5H2,1-3H3;5H,3-4H2,1-2H3;5H,4H2,1-3H3,(H,7,8);5H,4H2,1-3H3,(H,7,8);4H,1-3H3,(H,7,8,9);5H,4H2,1-3H3;4H,3H2,1-2H3;4H,1-3H3,(H,6,7);4H,1-3H3,(H,6,7);5H,4H2,1-3H3,(H,6,7);4H,3H2,1-2H3,(H,5,6,7);4H,1-3H3,(H,5,6);3H,1-2H3,(H,4,5,6);1H4. The summed E-state index contributed by atoms with van der Waals surface area (Å²) >= 11 is 0. The van der Waals surface area contributed by atoms with Crippen molar-refractivity contribution in [3.8, 4) is 0 Å². The minimum Gasteiger partial charge on any atom is -0.344 e. The highest BCUT2D eigenvalue weighted by molar-refractivity contribution is 7.92. The predicted molar refractivity (Wildman–Crippen MR) is 514 cm³/mol. The maximum atomic E-state index is 11.0. The summed E-state index contributed by atoms with van der Waals surface area (Å²) in [5.74, 6) is -1.58. The third kappa shape index (κ3) is 143. The Hall–Kier alpha value is -5.66. The van der Waals surface area contributed by atoms with Crippen LogP contribution < -0.4 is 29.5 Å². The molecule has 2 aliphatic rings. The molecule has 766 valence electrons. The summed E-state index contributed by atoms with van der Waals surface area (Å²) in [6.45, 7) is 60.0. The minimum absolute atomic E-state index is 0. The first-order chi connectivity index (χ1) is 56.3. The van der Waals surface area contributed by atoms with Gasteiger partial charge in [-0.25, -0.2) is 42.1 Å². The number of sulfone groups is 2. The van der Waals surface area contributed by atoms with Gasteiger partial charge in [-0.05, 0) is 106 Å². The van der Waals surface area contributed by atoms with Gasteiger partial charge in [0.1, 0.15) is 58.1 Å². The van der Waals surface area contributed by atoms with Crippen LogP contribution in [0.25, 0.3) is 0 Å². The van der Waals surface area contributed by atoms with E-state index in [2.05, 4.69) is 78.7 Å². The third-order valence-electron chi connectivity index (χ3n) is 12.3. The fraction of sp³-hybridized carbons (Fsp3) is 0.842. The SMILES string of the molecule is C.CC(=O)CS(=O)(=O)C(C)C.CC(=O)CS(=O)(=O)CC(C)C.CC(=O)NC(=O)C(C)C.CC(=O)NC(=O)CC(C)C.CC(C)C(=O)NS(C)(=O)=O.CC(C)C(=O)NS(C)=O.CC(C)C1=NN=NC1.CC(C)CC(=O)NS(C)(=O)=O.CC(C)CC(=O)NS(C)=O.CC(C)CC1=NN=NC1.CC(C)CP(C)(=O)O.CC(C)CS(=O)(=O)O.CC(C)P(C)(=O)O.CC(C)S(=O)(=O)O. The van der Waals surface area contributed by atoms with Gasteiger partial charge in [-0.15, -0.1) is 10.2 Å². The van der Waals surface area contributed by atoms with Crippen molar-refractivity contribution >= 4 is 167 Å². The lowest BCUT2D eigenvalue weighted by Crippen LogP contribution is -2.32. The Balaban J connectivity index is -0.000000101. The number of Topliss-reactive ketones (excluding diaryl/α,β-unsaturated/α-hetero) is 2. The van der Waals surface area contributed by atoms with E-state index in [1.165, 1.54) is 67.4 Å². The number of hydrogen-bond acceptors (Lipinski definition) is 32. The first-order valence-electron chi connectivity index (χ1n) is 39.9. The molecule has 8 amide bonds. The van der Waals surface area contributed by atoms with Crippen LogP contribution in [0.5, 0.6) is 0 Å². The summed E-state index contributed by atoms with van der Waals surface area (Å²) in [5, 5.41) is 25.4. The van der Waals surface area contributed by atoms with E-state index in [0.29, 0.717) is 55.1 Å². The Bertz CT molecular complexity index is 4170. The van der Waals surface area contributed by atoms with Gasteiger partial charge >= 0.3 is 0 Å². The second kappa shape index (κ2) is 78.8. The molecule has 0 saturated heterocycles. The monoisotopic (exact) mass is 2040 g/mol. The molecule has 0 aliphatic carbocycles. The van der Waals surface area contributed by atoms with Gasteiger partial charge in [0.15, 0.2) is 34.4 Å². The van der Waals surface area contributed by atoms with E-state index in [-0.39, 0.29) is 125 Å². The highest BCUT2D eigenvalue weighted by Gasteiger charge is 2.20. The van der Waals surface area contributed by atoms with Crippen LogP contribution in [-0.2, 0) is 139 Å². The highest BCUT2D eigenvalue weighted by atomic mass is 32.2. The van der Waals surface area contributed by atoms with Gasteiger partial charge in [0.05, 0.1) is 45.9 Å². The minimum atomic E-state index is -3.74. The Kier molecular flexibility index (Phi) is 92.7. The molecule has 52 heteroatoms. The van der Waals surface area contributed by atoms with Crippen LogP contribution in [0.15, 0.2) is 30.9 Å². The molecule has 2 heterocycles. The Labute approximate surface area is 773 Å². The zero-order chi connectivity index (χ0) is 104. The average Bonchev–Trinajstić information content (AvgIpc) is 1.18.